The van der Waals surface area contributed by atoms with Crippen LogP contribution in [0.5, 0.6) is 0 Å². The number of nitrogens with one attached hydrogen (secondary N) is 1. The molecule has 0 radical (unpaired) electrons. The Labute approximate surface area is 77.1 Å². The molecule has 4 nitrogen and oxygen atoms in total. The molecular formula is C7H7F3N2O2. The predicted molar refractivity (Wildman–Crippen MR) is 39.1 cm³/mol. The van der Waals surface area contributed by atoms with Gasteiger partial charge in [0.1, 0.15) is 0 Å². The van der Waals surface area contributed by atoms with Crippen molar-refractivity contribution in [2.75, 3.05) is 0 Å². The first-order valence-corrected chi connectivity index (χ1v) is 3.63. The molecule has 0 aliphatic heterocycles. The van der Waals surface area contributed by atoms with E-state index in [0.717, 1.165) is 19.4 Å². The van der Waals surface area contributed by atoms with Crippen LogP contribution in [-0.2, 0) is 9.53 Å². The summed E-state index contributed by atoms with van der Waals surface area (Å²) in [6.45, 7) is 0.912. The molecule has 7 heteroatoms. The molecule has 0 aliphatic carbocycles. The van der Waals surface area contributed by atoms with E-state index >= 15 is 0 Å². The summed E-state index contributed by atoms with van der Waals surface area (Å²) in [5.74, 6) is -0.998. The fraction of sp³-hybridized carbons (Fsp3) is 0.429. The summed E-state index contributed by atoms with van der Waals surface area (Å²) in [7, 11) is 0. The molecule has 0 aromatic carbocycles. The Kier molecular flexibility index (Phi) is 2.78. The quantitative estimate of drug-likeness (QED) is 0.750. The van der Waals surface area contributed by atoms with Gasteiger partial charge in [-0.05, 0) is 0 Å². The topological polar surface area (TPSA) is 55.0 Å². The van der Waals surface area contributed by atoms with Crippen molar-refractivity contribution in [3.8, 4) is 0 Å². The minimum atomic E-state index is -4.64. The van der Waals surface area contributed by atoms with Gasteiger partial charge in [-0.25, -0.2) is 4.98 Å². The lowest BCUT2D eigenvalue weighted by atomic mass is 10.2. The number of ether oxygens (including phenoxy) is 1. The Bertz CT molecular complexity index is 307. The van der Waals surface area contributed by atoms with Crippen LogP contribution in [0, 0.1) is 0 Å². The van der Waals surface area contributed by atoms with E-state index < -0.39 is 18.2 Å². The monoisotopic (exact) mass is 208 g/mol. The molecule has 0 spiro atoms. The normalized spacial score (nSPS) is 13.7. The van der Waals surface area contributed by atoms with Crippen LogP contribution in [0.2, 0.25) is 0 Å². The van der Waals surface area contributed by atoms with Gasteiger partial charge in [-0.1, -0.05) is 0 Å². The maximum atomic E-state index is 12.3. The number of halogens is 3. The number of H-pyrrole nitrogens is 1. The van der Waals surface area contributed by atoms with Gasteiger partial charge in [0.15, 0.2) is 0 Å². The highest BCUT2D eigenvalue weighted by Crippen LogP contribution is 2.34. The molecule has 1 heterocycles. The van der Waals surface area contributed by atoms with Crippen LogP contribution in [-0.4, -0.2) is 22.1 Å². The average molecular weight is 208 g/mol. The third-order valence-electron chi connectivity index (χ3n) is 1.38. The molecule has 0 amide bonds. The molecular weight excluding hydrogens is 201 g/mol. The zero-order chi connectivity index (χ0) is 10.8. The fourth-order valence-corrected chi connectivity index (χ4v) is 0.883. The van der Waals surface area contributed by atoms with Crippen molar-refractivity contribution in [3.05, 3.63) is 18.2 Å². The van der Waals surface area contributed by atoms with Gasteiger partial charge >= 0.3 is 12.1 Å². The molecule has 0 aliphatic rings. The number of imidazole rings is 1. The highest BCUT2D eigenvalue weighted by atomic mass is 19.4. The number of carbonyl (C=O) groups is 1. The summed E-state index contributed by atoms with van der Waals surface area (Å²) in [5.41, 5.74) is -0.298. The Morgan fingerprint density at radius 1 is 1.64 bits per heavy atom. The summed E-state index contributed by atoms with van der Waals surface area (Å²) >= 11 is 0. The molecule has 0 unspecified atom stereocenters. The van der Waals surface area contributed by atoms with E-state index in [4.69, 9.17) is 0 Å². The summed E-state index contributed by atoms with van der Waals surface area (Å²) in [5, 5.41) is 0. The maximum Gasteiger partial charge on any atom is 0.431 e. The third-order valence-corrected chi connectivity index (χ3v) is 1.38. The van der Waals surface area contributed by atoms with Crippen molar-refractivity contribution >= 4 is 5.97 Å². The first-order valence-electron chi connectivity index (χ1n) is 3.63. The van der Waals surface area contributed by atoms with Crippen molar-refractivity contribution in [2.45, 2.75) is 19.2 Å². The first kappa shape index (κ1) is 10.6. The Morgan fingerprint density at radius 3 is 2.64 bits per heavy atom. The van der Waals surface area contributed by atoms with E-state index in [1.807, 2.05) is 0 Å². The van der Waals surface area contributed by atoms with Crippen LogP contribution in [0.25, 0.3) is 0 Å². The fourth-order valence-electron chi connectivity index (χ4n) is 0.883. The standard InChI is InChI=1S/C7H7F3N2O2/c1-4(13)14-6(7(8,9)10)5-2-11-3-12-5/h2-3,6H,1H3,(H,11,12)/t6-/m1/s1. The van der Waals surface area contributed by atoms with Crippen molar-refractivity contribution in [3.63, 3.8) is 0 Å². The Balaban J connectivity index is 2.89. The Hall–Kier alpha value is -1.53. The van der Waals surface area contributed by atoms with Crippen molar-refractivity contribution in [1.29, 1.82) is 0 Å². The van der Waals surface area contributed by atoms with Gasteiger partial charge in [-0.15, -0.1) is 0 Å². The molecule has 1 rings (SSSR count). The molecule has 0 fully saturated rings. The number of aromatic amines is 1. The van der Waals surface area contributed by atoms with Gasteiger partial charge < -0.3 is 9.72 Å². The first-order chi connectivity index (χ1) is 6.41. The van der Waals surface area contributed by atoms with Gasteiger partial charge in [0, 0.05) is 6.92 Å². The van der Waals surface area contributed by atoms with Crippen LogP contribution in [0.15, 0.2) is 12.5 Å². The molecule has 1 aromatic rings. The second kappa shape index (κ2) is 3.69. The number of nitrogens with zero attached hydrogens (tertiary/aromatic N) is 1. The number of rotatable bonds is 2. The molecule has 0 saturated heterocycles. The molecule has 1 aromatic heterocycles. The highest BCUT2D eigenvalue weighted by molar-refractivity contribution is 5.66. The van der Waals surface area contributed by atoms with Crippen LogP contribution in [0.3, 0.4) is 0 Å². The SMILES string of the molecule is CC(=O)O[C@H](c1cnc[nH]1)C(F)(F)F. The van der Waals surface area contributed by atoms with Crippen molar-refractivity contribution in [2.24, 2.45) is 0 Å². The van der Waals surface area contributed by atoms with Gasteiger partial charge in [0.25, 0.3) is 0 Å². The number of hydrogen-bond donors (Lipinski definition) is 1. The maximum absolute atomic E-state index is 12.3. The number of hydrogen-bond acceptors (Lipinski definition) is 3. The smallest absolute Gasteiger partial charge is 0.431 e. The van der Waals surface area contributed by atoms with E-state index in [0.29, 0.717) is 0 Å². The largest absolute Gasteiger partial charge is 0.446 e. The van der Waals surface area contributed by atoms with E-state index in [9.17, 15) is 18.0 Å². The zero-order valence-corrected chi connectivity index (χ0v) is 7.13. The number of carbonyl (C=O) groups excluding carboxylic acids is 1. The molecule has 78 valence electrons. The molecule has 14 heavy (non-hydrogen) atoms. The second-order valence-corrected chi connectivity index (χ2v) is 2.54. The van der Waals surface area contributed by atoms with Crippen molar-refractivity contribution < 1.29 is 22.7 Å². The minimum absolute atomic E-state index is 0.298. The van der Waals surface area contributed by atoms with Gasteiger partial charge in [0.2, 0.25) is 6.10 Å². The van der Waals surface area contributed by atoms with Gasteiger partial charge in [-0.3, -0.25) is 4.79 Å². The second-order valence-electron chi connectivity index (χ2n) is 2.54. The molecule has 0 bridgehead atoms. The summed E-state index contributed by atoms with van der Waals surface area (Å²) < 4.78 is 41.1. The zero-order valence-electron chi connectivity index (χ0n) is 7.13. The van der Waals surface area contributed by atoms with E-state index in [1.54, 1.807) is 0 Å². The average Bonchev–Trinajstić information content (AvgIpc) is 2.49. The van der Waals surface area contributed by atoms with Crippen molar-refractivity contribution in [1.82, 2.24) is 9.97 Å². The molecule has 0 saturated carbocycles. The number of aromatic nitrogens is 2. The lowest BCUT2D eigenvalue weighted by Gasteiger charge is -2.18. The van der Waals surface area contributed by atoms with Crippen LogP contribution in [0.4, 0.5) is 13.2 Å². The van der Waals surface area contributed by atoms with Gasteiger partial charge in [0.05, 0.1) is 18.2 Å². The lowest BCUT2D eigenvalue weighted by molar-refractivity contribution is -0.223. The number of esters is 1. The summed E-state index contributed by atoms with van der Waals surface area (Å²) in [6.07, 6.45) is -4.88. The molecule has 1 N–H and O–H groups in total. The number of alkyl halides is 3. The van der Waals surface area contributed by atoms with E-state index in [2.05, 4.69) is 14.7 Å². The van der Waals surface area contributed by atoms with Crippen LogP contribution >= 0.6 is 0 Å². The van der Waals surface area contributed by atoms with Crippen LogP contribution in [0.1, 0.15) is 18.7 Å². The minimum Gasteiger partial charge on any atom is -0.446 e. The third kappa shape index (κ3) is 2.48. The lowest BCUT2D eigenvalue weighted by Crippen LogP contribution is -2.25. The predicted octanol–water partition coefficient (Wildman–Crippen LogP) is 1.58. The van der Waals surface area contributed by atoms with Gasteiger partial charge in [-0.2, -0.15) is 13.2 Å². The van der Waals surface area contributed by atoms with E-state index in [1.165, 1.54) is 0 Å². The highest BCUT2D eigenvalue weighted by Gasteiger charge is 2.44. The Morgan fingerprint density at radius 2 is 2.29 bits per heavy atom. The van der Waals surface area contributed by atoms with E-state index in [-0.39, 0.29) is 5.69 Å². The summed E-state index contributed by atoms with van der Waals surface area (Å²) in [6, 6.07) is 0. The summed E-state index contributed by atoms with van der Waals surface area (Å²) in [4.78, 5) is 16.1. The van der Waals surface area contributed by atoms with Crippen LogP contribution < -0.4 is 0 Å². The molecule has 1 atom stereocenters.